The summed E-state index contributed by atoms with van der Waals surface area (Å²) in [6.07, 6.45) is 3.52. The van der Waals surface area contributed by atoms with Crippen LogP contribution in [0.4, 0.5) is 5.69 Å². The van der Waals surface area contributed by atoms with Gasteiger partial charge in [-0.3, -0.25) is 5.43 Å². The van der Waals surface area contributed by atoms with Crippen molar-refractivity contribution in [2.45, 2.75) is 0 Å². The molecule has 0 atom stereocenters. The van der Waals surface area contributed by atoms with Crippen LogP contribution in [0, 0.1) is 0 Å². The largest absolute Gasteiger partial charge is 0.493 e. The van der Waals surface area contributed by atoms with E-state index in [0.717, 1.165) is 16.8 Å². The van der Waals surface area contributed by atoms with Gasteiger partial charge in [0.2, 0.25) is 0 Å². The number of methoxy groups -OCH3 is 2. The highest BCUT2D eigenvalue weighted by molar-refractivity contribution is 5.90. The highest BCUT2D eigenvalue weighted by Crippen LogP contribution is 2.33. The van der Waals surface area contributed by atoms with Gasteiger partial charge in [0, 0.05) is 17.3 Å². The van der Waals surface area contributed by atoms with Crippen LogP contribution in [0.15, 0.2) is 84.1 Å². The van der Waals surface area contributed by atoms with Crippen molar-refractivity contribution in [3.8, 4) is 28.4 Å². The van der Waals surface area contributed by atoms with Gasteiger partial charge in [-0.05, 0) is 48.5 Å². The number of nitrogens with one attached hydrogen (secondary N) is 1. The molecule has 0 saturated heterocycles. The molecule has 8 nitrogen and oxygen atoms in total. The first-order valence-corrected chi connectivity index (χ1v) is 10.1. The average Bonchev–Trinajstić information content (AvgIpc) is 3.28. The first-order valence-electron chi connectivity index (χ1n) is 10.1. The van der Waals surface area contributed by atoms with Crippen molar-refractivity contribution < 1.29 is 19.4 Å². The van der Waals surface area contributed by atoms with Crippen molar-refractivity contribution in [2.75, 3.05) is 19.6 Å². The van der Waals surface area contributed by atoms with Gasteiger partial charge in [-0.2, -0.15) is 10.2 Å². The van der Waals surface area contributed by atoms with Gasteiger partial charge in [-0.15, -0.1) is 0 Å². The number of carboxylic acid groups (broad SMARTS) is 1. The summed E-state index contributed by atoms with van der Waals surface area (Å²) in [5, 5.41) is 18.2. The number of anilines is 1. The standard InChI is InChI=1S/C25H22N4O4/c1-32-22-12-11-17(14-23(22)33-2)24-19(16-29(28-24)21-9-4-3-5-10-21)15-26-27-20-8-6-7-18(13-20)25(30)31/h3-16,27H,1-2H3,(H,30,31). The minimum absolute atomic E-state index is 0.179. The fourth-order valence-corrected chi connectivity index (χ4v) is 3.30. The molecular formula is C25H22N4O4. The summed E-state index contributed by atoms with van der Waals surface area (Å²) in [4.78, 5) is 11.2. The smallest absolute Gasteiger partial charge is 0.335 e. The molecule has 1 aromatic heterocycles. The molecule has 0 saturated carbocycles. The Morgan fingerprint density at radius 1 is 1.00 bits per heavy atom. The van der Waals surface area contributed by atoms with Gasteiger partial charge in [0.25, 0.3) is 0 Å². The molecule has 3 aromatic carbocycles. The van der Waals surface area contributed by atoms with E-state index in [4.69, 9.17) is 19.7 Å². The van der Waals surface area contributed by atoms with Gasteiger partial charge in [0.05, 0.1) is 37.4 Å². The number of hydrogen-bond acceptors (Lipinski definition) is 6. The molecular weight excluding hydrogens is 420 g/mol. The van der Waals surface area contributed by atoms with Crippen LogP contribution in [0.25, 0.3) is 16.9 Å². The van der Waals surface area contributed by atoms with Crippen LogP contribution in [-0.4, -0.2) is 41.3 Å². The lowest BCUT2D eigenvalue weighted by atomic mass is 10.1. The van der Waals surface area contributed by atoms with E-state index in [1.807, 2.05) is 54.7 Å². The molecule has 0 aliphatic carbocycles. The Kier molecular flexibility index (Phi) is 6.36. The van der Waals surface area contributed by atoms with Crippen molar-refractivity contribution in [3.05, 3.63) is 90.1 Å². The van der Waals surface area contributed by atoms with E-state index in [9.17, 15) is 4.79 Å². The van der Waals surface area contributed by atoms with Crippen LogP contribution >= 0.6 is 0 Å². The number of aromatic nitrogens is 2. The zero-order valence-corrected chi connectivity index (χ0v) is 18.1. The lowest BCUT2D eigenvalue weighted by Crippen LogP contribution is -1.98. The lowest BCUT2D eigenvalue weighted by Gasteiger charge is -2.09. The molecule has 0 spiro atoms. The first kappa shape index (κ1) is 21.6. The van der Waals surface area contributed by atoms with Gasteiger partial charge in [-0.1, -0.05) is 24.3 Å². The van der Waals surface area contributed by atoms with Gasteiger partial charge < -0.3 is 14.6 Å². The molecule has 0 unspecified atom stereocenters. The molecule has 0 amide bonds. The Balaban J connectivity index is 1.70. The number of rotatable bonds is 8. The van der Waals surface area contributed by atoms with E-state index in [1.165, 1.54) is 12.1 Å². The summed E-state index contributed by atoms with van der Waals surface area (Å²) < 4.78 is 12.6. The number of hydrazone groups is 1. The molecule has 0 fully saturated rings. The molecule has 4 aromatic rings. The molecule has 0 bridgehead atoms. The molecule has 166 valence electrons. The van der Waals surface area contributed by atoms with Gasteiger partial charge in [0.15, 0.2) is 11.5 Å². The number of para-hydroxylation sites is 1. The first-order chi connectivity index (χ1) is 16.1. The maximum atomic E-state index is 11.2. The molecule has 8 heteroatoms. The average molecular weight is 442 g/mol. The summed E-state index contributed by atoms with van der Waals surface area (Å²) in [5.41, 5.74) is 6.81. The zero-order valence-electron chi connectivity index (χ0n) is 18.1. The summed E-state index contributed by atoms with van der Waals surface area (Å²) >= 11 is 0. The predicted molar refractivity (Wildman–Crippen MR) is 127 cm³/mol. The van der Waals surface area contributed by atoms with Crippen LogP contribution in [-0.2, 0) is 0 Å². The SMILES string of the molecule is COc1ccc(-c2nn(-c3ccccc3)cc2C=NNc2cccc(C(=O)O)c2)cc1OC. The molecule has 1 heterocycles. The number of aromatic carboxylic acids is 1. The van der Waals surface area contributed by atoms with Crippen molar-refractivity contribution in [3.63, 3.8) is 0 Å². The van der Waals surface area contributed by atoms with Gasteiger partial charge in [-0.25, -0.2) is 9.48 Å². The highest BCUT2D eigenvalue weighted by atomic mass is 16.5. The summed E-state index contributed by atoms with van der Waals surface area (Å²) in [7, 11) is 3.17. The Hall–Kier alpha value is -4.59. The molecule has 0 aliphatic heterocycles. The number of hydrogen-bond donors (Lipinski definition) is 2. The Morgan fingerprint density at radius 3 is 2.52 bits per heavy atom. The number of ether oxygens (including phenoxy) is 2. The van der Waals surface area contributed by atoms with Crippen molar-refractivity contribution in [2.24, 2.45) is 5.10 Å². The predicted octanol–water partition coefficient (Wildman–Crippen LogP) is 4.70. The molecule has 0 radical (unpaired) electrons. The molecule has 33 heavy (non-hydrogen) atoms. The van der Waals surface area contributed by atoms with E-state index >= 15 is 0 Å². The Bertz CT molecular complexity index is 1300. The Morgan fingerprint density at radius 2 is 1.79 bits per heavy atom. The molecule has 2 N–H and O–H groups in total. The molecule has 0 aliphatic rings. The van der Waals surface area contributed by atoms with E-state index < -0.39 is 5.97 Å². The fraction of sp³-hybridized carbons (Fsp3) is 0.0800. The third kappa shape index (κ3) is 4.85. The normalized spacial score (nSPS) is 10.8. The number of carbonyl (C=O) groups is 1. The van der Waals surface area contributed by atoms with Crippen LogP contribution < -0.4 is 14.9 Å². The summed E-state index contributed by atoms with van der Waals surface area (Å²) in [6, 6.07) is 21.8. The second-order valence-corrected chi connectivity index (χ2v) is 7.04. The van der Waals surface area contributed by atoms with Crippen LogP contribution in [0.1, 0.15) is 15.9 Å². The minimum atomic E-state index is -0.998. The van der Waals surface area contributed by atoms with Gasteiger partial charge in [0.1, 0.15) is 5.69 Å². The van der Waals surface area contributed by atoms with E-state index in [1.54, 1.807) is 37.2 Å². The van der Waals surface area contributed by atoms with Crippen molar-refractivity contribution >= 4 is 17.9 Å². The van der Waals surface area contributed by atoms with Crippen molar-refractivity contribution in [1.29, 1.82) is 0 Å². The van der Waals surface area contributed by atoms with Crippen LogP contribution in [0.2, 0.25) is 0 Å². The third-order valence-corrected chi connectivity index (χ3v) is 4.93. The van der Waals surface area contributed by atoms with E-state index in [0.29, 0.717) is 22.9 Å². The van der Waals surface area contributed by atoms with Crippen molar-refractivity contribution in [1.82, 2.24) is 9.78 Å². The van der Waals surface area contributed by atoms with Gasteiger partial charge >= 0.3 is 5.97 Å². The summed E-state index contributed by atoms with van der Waals surface area (Å²) in [5.74, 6) is 0.220. The highest BCUT2D eigenvalue weighted by Gasteiger charge is 2.14. The van der Waals surface area contributed by atoms with Crippen LogP contribution in [0.5, 0.6) is 11.5 Å². The monoisotopic (exact) mass is 442 g/mol. The van der Waals surface area contributed by atoms with E-state index in [2.05, 4.69) is 10.5 Å². The minimum Gasteiger partial charge on any atom is -0.493 e. The Labute approximate surface area is 190 Å². The number of carboxylic acids is 1. The van der Waals surface area contributed by atoms with E-state index in [-0.39, 0.29) is 5.56 Å². The number of nitrogens with zero attached hydrogens (tertiary/aromatic N) is 3. The molecule has 4 rings (SSSR count). The number of benzene rings is 3. The fourth-order valence-electron chi connectivity index (χ4n) is 3.30. The summed E-state index contributed by atoms with van der Waals surface area (Å²) in [6.45, 7) is 0. The second-order valence-electron chi connectivity index (χ2n) is 7.04. The van der Waals surface area contributed by atoms with Crippen LogP contribution in [0.3, 0.4) is 0 Å². The third-order valence-electron chi connectivity index (χ3n) is 4.93. The maximum Gasteiger partial charge on any atom is 0.335 e. The lowest BCUT2D eigenvalue weighted by molar-refractivity contribution is 0.0697. The quantitative estimate of drug-likeness (QED) is 0.303. The maximum absolute atomic E-state index is 11.2. The second kappa shape index (κ2) is 9.69. The zero-order chi connectivity index (χ0) is 23.2. The topological polar surface area (TPSA) is 98.0 Å².